The summed E-state index contributed by atoms with van der Waals surface area (Å²) in [4.78, 5) is 25.6. The highest BCUT2D eigenvalue weighted by molar-refractivity contribution is 6.25. The molecule has 1 fully saturated rings. The number of carbonyl (C=O) groups is 2. The van der Waals surface area contributed by atoms with E-state index in [4.69, 9.17) is 0 Å². The monoisotopic (exact) mass is 378 g/mol. The van der Waals surface area contributed by atoms with Gasteiger partial charge in [-0.2, -0.15) is 0 Å². The van der Waals surface area contributed by atoms with Crippen LogP contribution < -0.4 is 10.6 Å². The number of rotatable bonds is 2. The van der Waals surface area contributed by atoms with Gasteiger partial charge in [-0.1, -0.05) is 43.3 Å². The second-order valence-electron chi connectivity index (χ2n) is 7.40. The van der Waals surface area contributed by atoms with E-state index in [9.17, 15) is 19.8 Å². The lowest BCUT2D eigenvalue weighted by atomic mass is 9.87. The van der Waals surface area contributed by atoms with Crippen molar-refractivity contribution in [1.29, 1.82) is 0 Å². The lowest BCUT2D eigenvalue weighted by Gasteiger charge is -2.37. The molecule has 1 heterocycles. The van der Waals surface area contributed by atoms with E-state index in [1.165, 1.54) is 6.20 Å². The number of carbonyl (C=O) groups excluding carboxylic acids is 2. The van der Waals surface area contributed by atoms with E-state index in [1.54, 1.807) is 31.2 Å². The van der Waals surface area contributed by atoms with Crippen LogP contribution in [-0.2, 0) is 0 Å². The van der Waals surface area contributed by atoms with Crippen LogP contribution in [0.4, 0.5) is 0 Å². The average molecular weight is 378 g/mol. The molecule has 144 valence electrons. The Bertz CT molecular complexity index is 998. The summed E-state index contributed by atoms with van der Waals surface area (Å²) in [6.45, 7) is 3.56. The predicted octanol–water partition coefficient (Wildman–Crippen LogP) is 1.82. The Kier molecular flexibility index (Phi) is 4.53. The molecule has 1 saturated heterocycles. The first-order chi connectivity index (χ1) is 13.4. The van der Waals surface area contributed by atoms with Gasteiger partial charge in [0, 0.05) is 29.3 Å². The molecule has 28 heavy (non-hydrogen) atoms. The molecule has 0 radical (unpaired) electrons. The molecule has 0 saturated carbocycles. The number of benzene rings is 2. The molecule has 2 aliphatic rings. The van der Waals surface area contributed by atoms with Gasteiger partial charge in [0.2, 0.25) is 0 Å². The zero-order valence-corrected chi connectivity index (χ0v) is 15.6. The number of hydrogen-bond acceptors (Lipinski definition) is 5. The van der Waals surface area contributed by atoms with Crippen molar-refractivity contribution in [3.8, 4) is 11.1 Å². The molecule has 2 aromatic carbocycles. The Hall–Kier alpha value is -2.96. The number of amides is 1. The fraction of sp³-hybridized carbons (Fsp3) is 0.273. The van der Waals surface area contributed by atoms with Crippen molar-refractivity contribution in [2.75, 3.05) is 0 Å². The lowest BCUT2D eigenvalue weighted by Crippen LogP contribution is -2.53. The van der Waals surface area contributed by atoms with Gasteiger partial charge in [0.05, 0.1) is 23.5 Å². The Labute approximate surface area is 162 Å². The van der Waals surface area contributed by atoms with Crippen LogP contribution in [0.5, 0.6) is 0 Å². The van der Waals surface area contributed by atoms with Crippen LogP contribution in [0.1, 0.15) is 40.1 Å². The Morgan fingerprint density at radius 2 is 1.71 bits per heavy atom. The van der Waals surface area contributed by atoms with Gasteiger partial charge in [0.15, 0.2) is 5.78 Å². The van der Waals surface area contributed by atoms with Crippen molar-refractivity contribution in [2.24, 2.45) is 5.92 Å². The molecule has 6 nitrogen and oxygen atoms in total. The van der Waals surface area contributed by atoms with E-state index in [-0.39, 0.29) is 17.7 Å². The summed E-state index contributed by atoms with van der Waals surface area (Å²) in [7, 11) is 0. The molecule has 0 spiro atoms. The van der Waals surface area contributed by atoms with E-state index in [1.807, 2.05) is 25.1 Å². The summed E-state index contributed by atoms with van der Waals surface area (Å²) >= 11 is 0. The Morgan fingerprint density at radius 3 is 2.46 bits per heavy atom. The van der Waals surface area contributed by atoms with Crippen LogP contribution in [0.2, 0.25) is 0 Å². The third-order valence-electron chi connectivity index (χ3n) is 5.62. The summed E-state index contributed by atoms with van der Waals surface area (Å²) < 4.78 is 0. The lowest BCUT2D eigenvalue weighted by molar-refractivity contribution is -0.00511. The van der Waals surface area contributed by atoms with Crippen molar-refractivity contribution < 1.29 is 19.8 Å². The van der Waals surface area contributed by atoms with Crippen molar-refractivity contribution >= 4 is 11.7 Å². The zero-order chi connectivity index (χ0) is 20.0. The molecule has 4 rings (SSSR count). The maximum Gasteiger partial charge on any atom is 0.256 e. The predicted molar refractivity (Wildman–Crippen MR) is 105 cm³/mol. The largest absolute Gasteiger partial charge is 0.391 e. The minimum atomic E-state index is -0.918. The van der Waals surface area contributed by atoms with Gasteiger partial charge in [0.25, 0.3) is 5.91 Å². The minimum absolute atomic E-state index is 0.162. The first-order valence-corrected chi connectivity index (χ1v) is 9.31. The van der Waals surface area contributed by atoms with E-state index < -0.39 is 18.1 Å². The topological polar surface area (TPSA) is 98.7 Å². The van der Waals surface area contributed by atoms with Crippen LogP contribution in [0, 0.1) is 5.92 Å². The third kappa shape index (κ3) is 2.82. The second-order valence-corrected chi connectivity index (χ2v) is 7.40. The van der Waals surface area contributed by atoms with Gasteiger partial charge in [0.1, 0.15) is 0 Å². The Balaban J connectivity index is 1.62. The van der Waals surface area contributed by atoms with Gasteiger partial charge < -0.3 is 20.8 Å². The fourth-order valence-electron chi connectivity index (χ4n) is 3.97. The fourth-order valence-corrected chi connectivity index (χ4v) is 3.97. The van der Waals surface area contributed by atoms with Gasteiger partial charge in [-0.25, -0.2) is 0 Å². The summed E-state index contributed by atoms with van der Waals surface area (Å²) in [5.41, 5.74) is 3.30. The number of ketones is 1. The normalized spacial score (nSPS) is 27.1. The van der Waals surface area contributed by atoms with Crippen LogP contribution in [0.25, 0.3) is 11.1 Å². The quantitative estimate of drug-likeness (QED) is 0.545. The summed E-state index contributed by atoms with van der Waals surface area (Å²) in [5.74, 6) is -0.951. The van der Waals surface area contributed by atoms with E-state index in [0.717, 1.165) is 11.1 Å². The number of nitrogens with one attached hydrogen (secondary N) is 2. The molecular formula is C22H22N2O4. The summed E-state index contributed by atoms with van der Waals surface area (Å²) in [5, 5.41) is 26.0. The van der Waals surface area contributed by atoms with Gasteiger partial charge in [-0.3, -0.25) is 9.59 Å². The number of aliphatic hydroxyl groups is 2. The zero-order valence-electron chi connectivity index (χ0n) is 15.6. The summed E-state index contributed by atoms with van der Waals surface area (Å²) in [6, 6.07) is 12.3. The highest BCUT2D eigenvalue weighted by atomic mass is 16.3. The maximum atomic E-state index is 12.8. The second kappa shape index (κ2) is 6.89. The first-order valence-electron chi connectivity index (χ1n) is 9.31. The van der Waals surface area contributed by atoms with E-state index in [2.05, 4.69) is 10.6 Å². The van der Waals surface area contributed by atoms with Crippen LogP contribution >= 0.6 is 0 Å². The standard InChI is InChI=1S/C22H22N2O4/c1-11-19(25)12(2)24-17(20(11)26)10-23-22(28)16-9-5-8-14-13-6-3-4-7-15(13)21(27)18(14)16/h3-12,19-20,24-26H,1-2H3,(H,23,28)/b17-10+/t11-,12+,19+,20?/m1/s1. The minimum Gasteiger partial charge on any atom is -0.391 e. The number of aliphatic hydroxyl groups excluding tert-OH is 2. The maximum absolute atomic E-state index is 12.8. The molecule has 6 heteroatoms. The molecule has 1 amide bonds. The molecule has 1 aliphatic carbocycles. The Morgan fingerprint density at radius 1 is 1.04 bits per heavy atom. The molecule has 0 bridgehead atoms. The smallest absolute Gasteiger partial charge is 0.256 e. The number of piperidine rings is 1. The molecule has 2 aromatic rings. The van der Waals surface area contributed by atoms with Crippen molar-refractivity contribution in [2.45, 2.75) is 32.1 Å². The molecule has 1 aliphatic heterocycles. The van der Waals surface area contributed by atoms with Crippen molar-refractivity contribution in [3.05, 3.63) is 71.1 Å². The van der Waals surface area contributed by atoms with Gasteiger partial charge >= 0.3 is 0 Å². The first kappa shape index (κ1) is 18.4. The van der Waals surface area contributed by atoms with Gasteiger partial charge in [-0.15, -0.1) is 0 Å². The SMILES string of the molecule is C[C@@H]1N/C(=C/NC(=O)c2cccc3c2C(=O)c2ccccc2-3)C(O)[C@H](C)[C@@H]1O. The van der Waals surface area contributed by atoms with E-state index >= 15 is 0 Å². The third-order valence-corrected chi connectivity index (χ3v) is 5.62. The number of fused-ring (bicyclic) bond motifs is 3. The van der Waals surface area contributed by atoms with Crippen LogP contribution in [-0.4, -0.2) is 40.2 Å². The summed E-state index contributed by atoms with van der Waals surface area (Å²) in [6.07, 6.45) is -0.187. The highest BCUT2D eigenvalue weighted by Crippen LogP contribution is 2.38. The van der Waals surface area contributed by atoms with Crippen molar-refractivity contribution in [3.63, 3.8) is 0 Å². The molecular weight excluding hydrogens is 356 g/mol. The average Bonchev–Trinajstić information content (AvgIpc) is 3.01. The molecule has 0 aromatic heterocycles. The molecule has 4 N–H and O–H groups in total. The highest BCUT2D eigenvalue weighted by Gasteiger charge is 2.35. The van der Waals surface area contributed by atoms with E-state index in [0.29, 0.717) is 22.4 Å². The van der Waals surface area contributed by atoms with Crippen LogP contribution in [0.3, 0.4) is 0 Å². The van der Waals surface area contributed by atoms with Crippen molar-refractivity contribution in [1.82, 2.24) is 10.6 Å². The van der Waals surface area contributed by atoms with Gasteiger partial charge in [-0.05, 0) is 24.1 Å². The van der Waals surface area contributed by atoms with Crippen LogP contribution in [0.15, 0.2) is 54.4 Å². The number of hydrogen-bond donors (Lipinski definition) is 4. The molecule has 1 unspecified atom stereocenters. The molecule has 4 atom stereocenters.